The van der Waals surface area contributed by atoms with E-state index in [0.717, 1.165) is 17.0 Å². The number of aliphatic imine (C=N–C) groups is 1. The molecule has 16 heavy (non-hydrogen) atoms. The lowest BCUT2D eigenvalue weighted by Crippen LogP contribution is -2.27. The third-order valence-electron chi connectivity index (χ3n) is 2.34. The molecule has 0 N–H and O–H groups in total. The van der Waals surface area contributed by atoms with Crippen molar-refractivity contribution in [3.8, 4) is 0 Å². The number of aromatic nitrogens is 4. The molecular weight excluding hydrogens is 204 g/mol. The molecule has 0 fully saturated rings. The van der Waals surface area contributed by atoms with Crippen molar-refractivity contribution in [2.24, 2.45) is 4.99 Å². The maximum Gasteiger partial charge on any atom is 0.178 e. The summed E-state index contributed by atoms with van der Waals surface area (Å²) in [5, 5.41) is 8.10. The van der Waals surface area contributed by atoms with Crippen LogP contribution in [0.3, 0.4) is 0 Å². The van der Waals surface area contributed by atoms with E-state index in [1.54, 1.807) is 17.9 Å². The highest BCUT2D eigenvalue weighted by molar-refractivity contribution is 5.82. The molecule has 2 rings (SSSR count). The quantitative estimate of drug-likeness (QED) is 0.541. The first-order valence-corrected chi connectivity index (χ1v) is 4.99. The Balaban J connectivity index is 2.34. The van der Waals surface area contributed by atoms with Crippen LogP contribution in [0.5, 0.6) is 0 Å². The highest BCUT2D eigenvalue weighted by atomic mass is 15.4. The lowest BCUT2D eigenvalue weighted by Gasteiger charge is -2.14. The van der Waals surface area contributed by atoms with Crippen LogP contribution in [-0.4, -0.2) is 51.9 Å². The fourth-order valence-corrected chi connectivity index (χ4v) is 1.46. The molecule has 2 aromatic heterocycles. The first-order chi connectivity index (χ1) is 7.72. The molecule has 0 aromatic carbocycles. The number of likely N-dealkylation sites (N-methyl/N-ethyl adjacent to an activating group) is 1. The Hall–Kier alpha value is -1.98. The number of nitrogens with zero attached hydrogens (tertiary/aromatic N) is 6. The second-order valence-corrected chi connectivity index (χ2v) is 3.63. The van der Waals surface area contributed by atoms with Gasteiger partial charge in [-0.2, -0.15) is 0 Å². The number of pyridine rings is 1. The van der Waals surface area contributed by atoms with Crippen molar-refractivity contribution in [3.63, 3.8) is 0 Å². The molecule has 0 saturated carbocycles. The van der Waals surface area contributed by atoms with Gasteiger partial charge in [-0.1, -0.05) is 5.21 Å². The van der Waals surface area contributed by atoms with Crippen LogP contribution in [0.15, 0.2) is 23.3 Å². The first kappa shape index (κ1) is 10.5. The second-order valence-electron chi connectivity index (χ2n) is 3.63. The number of hydrogen-bond donors (Lipinski definition) is 0. The molecule has 2 heterocycles. The maximum absolute atomic E-state index is 4.25. The Bertz CT molecular complexity index is 513. The van der Waals surface area contributed by atoms with Crippen molar-refractivity contribution < 1.29 is 0 Å². The van der Waals surface area contributed by atoms with E-state index in [2.05, 4.69) is 20.3 Å². The van der Waals surface area contributed by atoms with Gasteiger partial charge >= 0.3 is 0 Å². The van der Waals surface area contributed by atoms with Gasteiger partial charge in [0.1, 0.15) is 17.9 Å². The lowest BCUT2D eigenvalue weighted by atomic mass is 10.4. The summed E-state index contributed by atoms with van der Waals surface area (Å²) in [6.07, 6.45) is 1.74. The van der Waals surface area contributed by atoms with Gasteiger partial charge in [0.05, 0.1) is 0 Å². The molecule has 0 aliphatic heterocycles. The highest BCUT2D eigenvalue weighted by Crippen LogP contribution is 2.06. The molecule has 0 amide bonds. The van der Waals surface area contributed by atoms with Gasteiger partial charge in [-0.05, 0) is 12.1 Å². The molecule has 84 valence electrons. The van der Waals surface area contributed by atoms with Crippen LogP contribution in [0, 0.1) is 0 Å². The molecule has 6 nitrogen and oxygen atoms in total. The fourth-order valence-electron chi connectivity index (χ4n) is 1.46. The molecule has 2 aromatic rings. The summed E-state index contributed by atoms with van der Waals surface area (Å²) in [6, 6.07) is 3.74. The second kappa shape index (κ2) is 4.26. The Morgan fingerprint density at radius 1 is 1.50 bits per heavy atom. The van der Waals surface area contributed by atoms with Gasteiger partial charge < -0.3 is 4.90 Å². The van der Waals surface area contributed by atoms with Gasteiger partial charge in [0, 0.05) is 27.3 Å². The van der Waals surface area contributed by atoms with Crippen LogP contribution in [0.2, 0.25) is 0 Å². The minimum atomic E-state index is 0.580. The summed E-state index contributed by atoms with van der Waals surface area (Å²) in [6.45, 7) is 0.580. The highest BCUT2D eigenvalue weighted by Gasteiger charge is 2.08. The summed E-state index contributed by atoms with van der Waals surface area (Å²) in [5.74, 6) is 0.928. The van der Waals surface area contributed by atoms with E-state index < -0.39 is 0 Å². The largest absolute Gasteiger partial charge is 0.365 e. The van der Waals surface area contributed by atoms with Crippen LogP contribution in [-0.2, 0) is 6.54 Å². The summed E-state index contributed by atoms with van der Waals surface area (Å²) in [5.41, 5.74) is 1.59. The van der Waals surface area contributed by atoms with Crippen molar-refractivity contribution in [3.05, 3.63) is 18.3 Å². The van der Waals surface area contributed by atoms with Crippen molar-refractivity contribution >= 4 is 17.0 Å². The van der Waals surface area contributed by atoms with Gasteiger partial charge in [0.15, 0.2) is 5.65 Å². The number of hydrogen-bond acceptors (Lipinski definition) is 4. The van der Waals surface area contributed by atoms with Gasteiger partial charge in [0.2, 0.25) is 0 Å². The first-order valence-electron chi connectivity index (χ1n) is 4.99. The van der Waals surface area contributed by atoms with Crippen molar-refractivity contribution in [1.82, 2.24) is 24.9 Å². The Kier molecular flexibility index (Phi) is 2.80. The van der Waals surface area contributed by atoms with E-state index in [0.29, 0.717) is 6.54 Å². The topological polar surface area (TPSA) is 59.2 Å². The standard InChI is InChI=1S/C10H14N6/c1-11-9(15(2)3)7-16-10-8(13-14-16)5-4-6-12-10/h4-6H,7H2,1-3H3. The van der Waals surface area contributed by atoms with Crippen molar-refractivity contribution in [2.75, 3.05) is 21.1 Å². The minimum Gasteiger partial charge on any atom is -0.365 e. The SMILES string of the molecule is CN=C(Cn1nnc2cccnc21)N(C)C. The Morgan fingerprint density at radius 3 is 3.00 bits per heavy atom. The molecule has 0 spiro atoms. The zero-order valence-electron chi connectivity index (χ0n) is 9.62. The zero-order chi connectivity index (χ0) is 11.5. The Morgan fingerprint density at radius 2 is 2.31 bits per heavy atom. The van der Waals surface area contributed by atoms with Crippen LogP contribution in [0.4, 0.5) is 0 Å². The van der Waals surface area contributed by atoms with Gasteiger partial charge in [-0.25, -0.2) is 9.67 Å². The smallest absolute Gasteiger partial charge is 0.178 e. The van der Waals surface area contributed by atoms with Gasteiger partial charge in [-0.3, -0.25) is 4.99 Å². The molecule has 0 unspecified atom stereocenters. The number of fused-ring (bicyclic) bond motifs is 1. The van der Waals surface area contributed by atoms with E-state index in [1.165, 1.54) is 0 Å². The summed E-state index contributed by atoms with van der Waals surface area (Å²) < 4.78 is 1.75. The number of amidine groups is 1. The molecule has 0 saturated heterocycles. The van der Waals surface area contributed by atoms with Crippen LogP contribution in [0.25, 0.3) is 11.2 Å². The molecule has 0 aliphatic carbocycles. The average molecular weight is 218 g/mol. The van der Waals surface area contributed by atoms with E-state index in [9.17, 15) is 0 Å². The molecule has 0 aliphatic rings. The molecule has 0 bridgehead atoms. The van der Waals surface area contributed by atoms with Crippen molar-refractivity contribution in [2.45, 2.75) is 6.54 Å². The van der Waals surface area contributed by atoms with Gasteiger partial charge in [-0.15, -0.1) is 5.10 Å². The zero-order valence-corrected chi connectivity index (χ0v) is 9.62. The monoisotopic (exact) mass is 218 g/mol. The molecule has 0 atom stereocenters. The predicted octanol–water partition coefficient (Wildman–Crippen LogP) is 0.416. The number of rotatable bonds is 2. The molecule has 0 radical (unpaired) electrons. The van der Waals surface area contributed by atoms with Gasteiger partial charge in [0.25, 0.3) is 0 Å². The average Bonchev–Trinajstić information content (AvgIpc) is 2.69. The minimum absolute atomic E-state index is 0.580. The normalized spacial score (nSPS) is 12.1. The summed E-state index contributed by atoms with van der Waals surface area (Å²) >= 11 is 0. The fraction of sp³-hybridized carbons (Fsp3) is 0.400. The van der Waals surface area contributed by atoms with E-state index in [1.807, 2.05) is 31.1 Å². The van der Waals surface area contributed by atoms with Crippen LogP contribution < -0.4 is 0 Å². The Labute approximate surface area is 93.6 Å². The molecular formula is C10H14N6. The summed E-state index contributed by atoms with van der Waals surface area (Å²) in [4.78, 5) is 10.4. The van der Waals surface area contributed by atoms with Crippen LogP contribution in [0.1, 0.15) is 0 Å². The third kappa shape index (κ3) is 1.86. The van der Waals surface area contributed by atoms with Crippen LogP contribution >= 0.6 is 0 Å². The third-order valence-corrected chi connectivity index (χ3v) is 2.34. The molecule has 6 heteroatoms. The maximum atomic E-state index is 4.25. The van der Waals surface area contributed by atoms with E-state index >= 15 is 0 Å². The van der Waals surface area contributed by atoms with E-state index in [-0.39, 0.29) is 0 Å². The van der Waals surface area contributed by atoms with Crippen molar-refractivity contribution in [1.29, 1.82) is 0 Å². The van der Waals surface area contributed by atoms with E-state index in [4.69, 9.17) is 0 Å². The predicted molar refractivity (Wildman–Crippen MR) is 62.4 cm³/mol. The lowest BCUT2D eigenvalue weighted by molar-refractivity contribution is 0.569. The summed E-state index contributed by atoms with van der Waals surface area (Å²) in [7, 11) is 5.67.